The van der Waals surface area contributed by atoms with Crippen LogP contribution in [0.15, 0.2) is 12.1 Å². The molecule has 0 aromatic carbocycles. The Morgan fingerprint density at radius 3 is 2.55 bits per heavy atom. The molecule has 0 aliphatic carbocycles. The number of aryl methyl sites for hydroxylation is 1. The largest absolute Gasteiger partial charge is 0.313 e. The molecular weight excluding hydrogens is 302 g/mol. The van der Waals surface area contributed by atoms with Crippen LogP contribution in [0.3, 0.4) is 0 Å². The minimum absolute atomic E-state index is 0.631. The molecule has 1 N–H and O–H groups in total. The topological polar surface area (TPSA) is 12.0 Å². The van der Waals surface area contributed by atoms with Crippen LogP contribution >= 0.6 is 34.9 Å². The summed E-state index contributed by atoms with van der Waals surface area (Å²) in [6.45, 7) is 7.91. The molecule has 114 valence electrons. The zero-order valence-corrected chi connectivity index (χ0v) is 15.3. The van der Waals surface area contributed by atoms with Crippen molar-refractivity contribution < 1.29 is 0 Å². The third-order valence-electron chi connectivity index (χ3n) is 3.84. The Kier molecular flexibility index (Phi) is 7.29. The fraction of sp³-hybridized carbons (Fsp3) is 0.750. The van der Waals surface area contributed by atoms with Gasteiger partial charge in [0.05, 0.1) is 0 Å². The lowest BCUT2D eigenvalue weighted by Gasteiger charge is -2.36. The summed E-state index contributed by atoms with van der Waals surface area (Å²) in [5.41, 5.74) is 0. The molecule has 1 aliphatic rings. The Morgan fingerprint density at radius 1 is 1.15 bits per heavy atom. The van der Waals surface area contributed by atoms with Gasteiger partial charge in [-0.15, -0.1) is 11.3 Å². The summed E-state index contributed by atoms with van der Waals surface area (Å²) in [5, 5.41) is 5.36. The van der Waals surface area contributed by atoms with Gasteiger partial charge in [-0.25, -0.2) is 0 Å². The number of rotatable bonds is 7. The van der Waals surface area contributed by atoms with Gasteiger partial charge in [0.2, 0.25) is 0 Å². The molecule has 1 fully saturated rings. The molecule has 0 amide bonds. The second-order valence-electron chi connectivity index (χ2n) is 5.24. The van der Waals surface area contributed by atoms with E-state index in [1.807, 2.05) is 11.3 Å². The summed E-state index contributed by atoms with van der Waals surface area (Å²) in [6.07, 6.45) is 3.67. The van der Waals surface area contributed by atoms with Gasteiger partial charge in [0.1, 0.15) is 0 Å². The number of thioether (sulfide) groups is 2. The van der Waals surface area contributed by atoms with Crippen molar-refractivity contribution in [1.29, 1.82) is 0 Å². The third kappa shape index (κ3) is 4.43. The van der Waals surface area contributed by atoms with Crippen molar-refractivity contribution in [2.45, 2.75) is 56.6 Å². The van der Waals surface area contributed by atoms with Gasteiger partial charge in [-0.2, -0.15) is 23.5 Å². The van der Waals surface area contributed by atoms with Crippen molar-refractivity contribution in [3.8, 4) is 0 Å². The summed E-state index contributed by atoms with van der Waals surface area (Å²) in [4.78, 5) is 3.08. The van der Waals surface area contributed by atoms with Crippen molar-refractivity contribution in [3.05, 3.63) is 21.9 Å². The highest BCUT2D eigenvalue weighted by Crippen LogP contribution is 2.36. The highest BCUT2D eigenvalue weighted by atomic mass is 32.2. The lowest BCUT2D eigenvalue weighted by Crippen LogP contribution is -2.46. The maximum absolute atomic E-state index is 3.76. The van der Waals surface area contributed by atoms with Crippen molar-refractivity contribution >= 4 is 34.9 Å². The van der Waals surface area contributed by atoms with E-state index in [0.717, 1.165) is 17.0 Å². The molecule has 0 bridgehead atoms. The number of hydrogen-bond acceptors (Lipinski definition) is 4. The van der Waals surface area contributed by atoms with Gasteiger partial charge in [-0.1, -0.05) is 20.8 Å². The van der Waals surface area contributed by atoms with Crippen molar-refractivity contribution in [3.63, 3.8) is 0 Å². The molecule has 2 rings (SSSR count). The van der Waals surface area contributed by atoms with E-state index in [-0.39, 0.29) is 0 Å². The lowest BCUT2D eigenvalue weighted by atomic mass is 10.0. The molecule has 3 atom stereocenters. The highest BCUT2D eigenvalue weighted by Gasteiger charge is 2.31. The van der Waals surface area contributed by atoms with Gasteiger partial charge in [0.25, 0.3) is 0 Å². The average Bonchev–Trinajstić information content (AvgIpc) is 2.94. The van der Waals surface area contributed by atoms with Crippen molar-refractivity contribution in [2.75, 3.05) is 18.1 Å². The zero-order chi connectivity index (χ0) is 14.4. The first kappa shape index (κ1) is 16.7. The molecule has 1 aromatic heterocycles. The van der Waals surface area contributed by atoms with E-state index >= 15 is 0 Å². The summed E-state index contributed by atoms with van der Waals surface area (Å²) in [7, 11) is 0. The molecule has 20 heavy (non-hydrogen) atoms. The molecular formula is C16H27NS3. The second kappa shape index (κ2) is 8.72. The first-order valence-corrected chi connectivity index (χ1v) is 10.7. The van der Waals surface area contributed by atoms with Crippen LogP contribution < -0.4 is 5.32 Å². The molecule has 0 saturated carbocycles. The van der Waals surface area contributed by atoms with E-state index in [2.05, 4.69) is 61.7 Å². The Hall–Kier alpha value is 0.360. The molecule has 1 aliphatic heterocycles. The highest BCUT2D eigenvalue weighted by molar-refractivity contribution is 8.07. The molecule has 0 spiro atoms. The standard InChI is InChI=1S/C16H27NS3/c1-4-12-7-8-13(20-12)11-14(17-6-3)16-15(5-2)18-9-10-19-16/h7-8,14-17H,4-6,9-11H2,1-3H3. The van der Waals surface area contributed by atoms with Crippen molar-refractivity contribution in [2.24, 2.45) is 0 Å². The molecule has 3 unspecified atom stereocenters. The first-order valence-electron chi connectivity index (χ1n) is 7.82. The van der Waals surface area contributed by atoms with Gasteiger partial charge < -0.3 is 5.32 Å². The number of likely N-dealkylation sites (N-methyl/N-ethyl adjacent to an activating group) is 1. The van der Waals surface area contributed by atoms with Gasteiger partial charge in [-0.3, -0.25) is 0 Å². The Morgan fingerprint density at radius 2 is 1.90 bits per heavy atom. The molecule has 2 heterocycles. The minimum atomic E-state index is 0.631. The lowest BCUT2D eigenvalue weighted by molar-refractivity contribution is 0.492. The summed E-state index contributed by atoms with van der Waals surface area (Å²) >= 11 is 6.39. The molecule has 1 nitrogen and oxygen atoms in total. The van der Waals surface area contributed by atoms with Crippen LogP contribution in [0.2, 0.25) is 0 Å². The summed E-state index contributed by atoms with van der Waals surface area (Å²) < 4.78 is 0. The zero-order valence-electron chi connectivity index (χ0n) is 12.9. The maximum atomic E-state index is 3.76. The van der Waals surface area contributed by atoms with E-state index < -0.39 is 0 Å². The molecule has 0 radical (unpaired) electrons. The van der Waals surface area contributed by atoms with Crippen LogP contribution in [0.4, 0.5) is 0 Å². The van der Waals surface area contributed by atoms with Crippen LogP contribution in [-0.4, -0.2) is 34.6 Å². The molecule has 1 aromatic rings. The summed E-state index contributed by atoms with van der Waals surface area (Å²) in [5.74, 6) is 2.65. The van der Waals surface area contributed by atoms with Crippen LogP contribution in [0.25, 0.3) is 0 Å². The normalized spacial score (nSPS) is 24.8. The van der Waals surface area contributed by atoms with Crippen molar-refractivity contribution in [1.82, 2.24) is 5.32 Å². The monoisotopic (exact) mass is 329 g/mol. The Balaban J connectivity index is 2.04. The van der Waals surface area contributed by atoms with E-state index in [9.17, 15) is 0 Å². The number of hydrogen-bond donors (Lipinski definition) is 1. The molecule has 4 heteroatoms. The number of nitrogens with one attached hydrogen (secondary N) is 1. The quantitative estimate of drug-likeness (QED) is 0.793. The molecule has 1 saturated heterocycles. The van der Waals surface area contributed by atoms with Gasteiger partial charge in [0, 0.05) is 37.8 Å². The van der Waals surface area contributed by atoms with Gasteiger partial charge >= 0.3 is 0 Å². The first-order chi connectivity index (χ1) is 9.78. The SMILES string of the molecule is CCNC(Cc1ccc(CC)s1)C1SCCSC1CC. The predicted molar refractivity (Wildman–Crippen MR) is 97.6 cm³/mol. The summed E-state index contributed by atoms with van der Waals surface area (Å²) in [6, 6.07) is 5.28. The second-order valence-corrected chi connectivity index (χ2v) is 9.13. The van der Waals surface area contributed by atoms with Crippen LogP contribution in [-0.2, 0) is 12.8 Å². The fourth-order valence-corrected chi connectivity index (χ4v) is 7.10. The Bertz CT molecular complexity index is 391. The van der Waals surface area contributed by atoms with Crippen LogP contribution in [0.1, 0.15) is 36.9 Å². The third-order valence-corrected chi connectivity index (χ3v) is 8.50. The van der Waals surface area contributed by atoms with E-state index in [1.54, 1.807) is 4.88 Å². The predicted octanol–water partition coefficient (Wildman–Crippen LogP) is 4.46. The van der Waals surface area contributed by atoms with Crippen LogP contribution in [0.5, 0.6) is 0 Å². The minimum Gasteiger partial charge on any atom is -0.313 e. The van der Waals surface area contributed by atoms with E-state index in [4.69, 9.17) is 0 Å². The van der Waals surface area contributed by atoms with Gasteiger partial charge in [-0.05, 0) is 37.9 Å². The average molecular weight is 330 g/mol. The number of thiophene rings is 1. The maximum Gasteiger partial charge on any atom is 0.0323 e. The van der Waals surface area contributed by atoms with Gasteiger partial charge in [0.15, 0.2) is 0 Å². The fourth-order valence-electron chi connectivity index (χ4n) is 2.82. The smallest absolute Gasteiger partial charge is 0.0323 e. The Labute approximate surface area is 136 Å². The van der Waals surface area contributed by atoms with E-state index in [0.29, 0.717) is 6.04 Å². The van der Waals surface area contributed by atoms with Crippen LogP contribution in [0, 0.1) is 0 Å². The van der Waals surface area contributed by atoms with E-state index in [1.165, 1.54) is 35.6 Å².